The number of nitrogens with zero attached hydrogens (tertiary/aromatic N) is 3. The first kappa shape index (κ1) is 10.7. The van der Waals surface area contributed by atoms with Crippen LogP contribution in [0.2, 0.25) is 0 Å². The number of nitrogen functional groups attached to an aromatic ring is 1. The van der Waals surface area contributed by atoms with Crippen LogP contribution in [0, 0.1) is 12.8 Å². The third-order valence-corrected chi connectivity index (χ3v) is 2.85. The van der Waals surface area contributed by atoms with E-state index in [0.717, 1.165) is 24.3 Å². The lowest BCUT2D eigenvalue weighted by atomic mass is 10.1. The summed E-state index contributed by atoms with van der Waals surface area (Å²) in [5.74, 6) is 0.720. The van der Waals surface area contributed by atoms with E-state index in [2.05, 4.69) is 9.97 Å². The lowest BCUT2D eigenvalue weighted by molar-refractivity contribution is -0.121. The summed E-state index contributed by atoms with van der Waals surface area (Å²) in [5.41, 5.74) is 11.8. The number of amides is 1. The predicted octanol–water partition coefficient (Wildman–Crippen LogP) is -0.321. The van der Waals surface area contributed by atoms with Crippen molar-refractivity contribution >= 4 is 17.7 Å². The third-order valence-electron chi connectivity index (χ3n) is 2.85. The molecule has 1 unspecified atom stereocenters. The Labute approximate surface area is 93.7 Å². The Hall–Kier alpha value is -1.85. The van der Waals surface area contributed by atoms with Crippen LogP contribution in [-0.4, -0.2) is 29.0 Å². The molecule has 2 rings (SSSR count). The SMILES string of the molecule is Cc1cnc(N)nc1N1CCC(C(N)=O)C1. The molecule has 2 heterocycles. The monoisotopic (exact) mass is 221 g/mol. The van der Waals surface area contributed by atoms with Gasteiger partial charge in [0.05, 0.1) is 5.92 Å². The number of hydrogen-bond acceptors (Lipinski definition) is 5. The molecule has 0 bridgehead atoms. The lowest BCUT2D eigenvalue weighted by Crippen LogP contribution is -2.28. The van der Waals surface area contributed by atoms with E-state index >= 15 is 0 Å². The molecule has 1 amide bonds. The van der Waals surface area contributed by atoms with Gasteiger partial charge in [0.25, 0.3) is 0 Å². The van der Waals surface area contributed by atoms with Gasteiger partial charge in [0.1, 0.15) is 5.82 Å². The van der Waals surface area contributed by atoms with Gasteiger partial charge < -0.3 is 16.4 Å². The number of aryl methyl sites for hydroxylation is 1. The second-order valence-electron chi connectivity index (χ2n) is 4.07. The van der Waals surface area contributed by atoms with E-state index in [-0.39, 0.29) is 17.8 Å². The quantitative estimate of drug-likeness (QED) is 0.713. The molecule has 0 radical (unpaired) electrons. The van der Waals surface area contributed by atoms with E-state index in [4.69, 9.17) is 11.5 Å². The number of hydrogen-bond donors (Lipinski definition) is 2. The zero-order valence-electron chi connectivity index (χ0n) is 9.18. The molecule has 16 heavy (non-hydrogen) atoms. The summed E-state index contributed by atoms with van der Waals surface area (Å²) in [6.45, 7) is 3.32. The molecule has 1 atom stereocenters. The van der Waals surface area contributed by atoms with Gasteiger partial charge in [-0.2, -0.15) is 4.98 Å². The molecule has 0 saturated carbocycles. The van der Waals surface area contributed by atoms with Gasteiger partial charge in [0.2, 0.25) is 11.9 Å². The Balaban J connectivity index is 2.20. The summed E-state index contributed by atoms with van der Waals surface area (Å²) in [5, 5.41) is 0. The van der Waals surface area contributed by atoms with Gasteiger partial charge in [0.15, 0.2) is 0 Å². The highest BCUT2D eigenvalue weighted by atomic mass is 16.1. The first-order chi connectivity index (χ1) is 7.58. The fourth-order valence-corrected chi connectivity index (χ4v) is 1.95. The predicted molar refractivity (Wildman–Crippen MR) is 60.7 cm³/mol. The van der Waals surface area contributed by atoms with Crippen LogP contribution in [-0.2, 0) is 4.79 Å². The molecule has 1 saturated heterocycles. The second-order valence-corrected chi connectivity index (χ2v) is 4.07. The molecule has 1 aliphatic heterocycles. The molecule has 1 aliphatic rings. The van der Waals surface area contributed by atoms with Crippen LogP contribution >= 0.6 is 0 Å². The molecule has 0 spiro atoms. The van der Waals surface area contributed by atoms with Crippen molar-refractivity contribution in [2.75, 3.05) is 23.7 Å². The lowest BCUT2D eigenvalue weighted by Gasteiger charge is -2.18. The summed E-state index contributed by atoms with van der Waals surface area (Å²) in [7, 11) is 0. The van der Waals surface area contributed by atoms with Crippen LogP contribution in [0.4, 0.5) is 11.8 Å². The Bertz CT molecular complexity index is 420. The highest BCUT2D eigenvalue weighted by Crippen LogP contribution is 2.24. The second kappa shape index (κ2) is 3.96. The van der Waals surface area contributed by atoms with Crippen LogP contribution in [0.15, 0.2) is 6.20 Å². The summed E-state index contributed by atoms with van der Waals surface area (Å²) < 4.78 is 0. The van der Waals surface area contributed by atoms with Crippen LogP contribution in [0.3, 0.4) is 0 Å². The minimum absolute atomic E-state index is 0.0874. The molecule has 6 nitrogen and oxygen atoms in total. The van der Waals surface area contributed by atoms with Crippen molar-refractivity contribution in [3.63, 3.8) is 0 Å². The minimum atomic E-state index is -0.248. The maximum Gasteiger partial charge on any atom is 0.222 e. The maximum atomic E-state index is 11.1. The van der Waals surface area contributed by atoms with Gasteiger partial charge in [-0.15, -0.1) is 0 Å². The number of rotatable bonds is 2. The van der Waals surface area contributed by atoms with Crippen molar-refractivity contribution in [1.29, 1.82) is 0 Å². The van der Waals surface area contributed by atoms with E-state index in [1.54, 1.807) is 6.20 Å². The van der Waals surface area contributed by atoms with Crippen molar-refractivity contribution < 1.29 is 4.79 Å². The van der Waals surface area contributed by atoms with E-state index in [0.29, 0.717) is 6.54 Å². The van der Waals surface area contributed by atoms with Crippen molar-refractivity contribution in [1.82, 2.24) is 9.97 Å². The Morgan fingerprint density at radius 2 is 2.38 bits per heavy atom. The highest BCUT2D eigenvalue weighted by molar-refractivity contribution is 5.78. The van der Waals surface area contributed by atoms with Gasteiger partial charge >= 0.3 is 0 Å². The molecule has 0 aliphatic carbocycles. The topological polar surface area (TPSA) is 98.1 Å². The molecule has 1 aromatic rings. The Morgan fingerprint density at radius 1 is 1.62 bits per heavy atom. The van der Waals surface area contributed by atoms with Crippen LogP contribution in [0.25, 0.3) is 0 Å². The number of aromatic nitrogens is 2. The zero-order valence-corrected chi connectivity index (χ0v) is 9.18. The van der Waals surface area contributed by atoms with Crippen molar-refractivity contribution in [2.45, 2.75) is 13.3 Å². The maximum absolute atomic E-state index is 11.1. The smallest absolute Gasteiger partial charge is 0.222 e. The minimum Gasteiger partial charge on any atom is -0.369 e. The van der Waals surface area contributed by atoms with E-state index in [1.165, 1.54) is 0 Å². The summed E-state index contributed by atoms with van der Waals surface area (Å²) in [4.78, 5) is 21.2. The van der Waals surface area contributed by atoms with Gasteiger partial charge in [-0.1, -0.05) is 0 Å². The number of carbonyl (C=O) groups is 1. The fraction of sp³-hybridized carbons (Fsp3) is 0.500. The number of carbonyl (C=O) groups excluding carboxylic acids is 1. The summed E-state index contributed by atoms with van der Waals surface area (Å²) >= 11 is 0. The average molecular weight is 221 g/mol. The summed E-state index contributed by atoms with van der Waals surface area (Å²) in [6.07, 6.45) is 2.47. The summed E-state index contributed by atoms with van der Waals surface area (Å²) in [6, 6.07) is 0. The highest BCUT2D eigenvalue weighted by Gasteiger charge is 2.28. The number of anilines is 2. The van der Waals surface area contributed by atoms with E-state index in [1.807, 2.05) is 11.8 Å². The average Bonchev–Trinajstić information content (AvgIpc) is 2.70. The standard InChI is InChI=1S/C10H15N5O/c1-6-4-13-10(12)14-9(6)15-3-2-7(5-15)8(11)16/h4,7H,2-3,5H2,1H3,(H2,11,16)(H2,12,13,14). The van der Waals surface area contributed by atoms with Gasteiger partial charge in [0, 0.05) is 24.8 Å². The van der Waals surface area contributed by atoms with Crippen molar-refractivity contribution in [2.24, 2.45) is 11.7 Å². The van der Waals surface area contributed by atoms with Gasteiger partial charge in [-0.05, 0) is 13.3 Å². The van der Waals surface area contributed by atoms with Crippen LogP contribution in [0.5, 0.6) is 0 Å². The number of nitrogens with two attached hydrogens (primary N) is 2. The first-order valence-corrected chi connectivity index (χ1v) is 5.21. The normalized spacial score (nSPS) is 20.1. The zero-order chi connectivity index (χ0) is 11.7. The molecule has 86 valence electrons. The van der Waals surface area contributed by atoms with Gasteiger partial charge in [-0.3, -0.25) is 4.79 Å². The Kier molecular flexibility index (Phi) is 2.64. The third kappa shape index (κ3) is 1.91. The molecule has 4 N–H and O–H groups in total. The van der Waals surface area contributed by atoms with E-state index < -0.39 is 0 Å². The first-order valence-electron chi connectivity index (χ1n) is 5.21. The largest absolute Gasteiger partial charge is 0.369 e. The van der Waals surface area contributed by atoms with Crippen molar-refractivity contribution in [3.8, 4) is 0 Å². The molecular weight excluding hydrogens is 206 g/mol. The van der Waals surface area contributed by atoms with Gasteiger partial charge in [-0.25, -0.2) is 4.98 Å². The fourth-order valence-electron chi connectivity index (χ4n) is 1.95. The van der Waals surface area contributed by atoms with Crippen LogP contribution in [0.1, 0.15) is 12.0 Å². The van der Waals surface area contributed by atoms with Crippen LogP contribution < -0.4 is 16.4 Å². The molecule has 1 aromatic heterocycles. The molecule has 6 heteroatoms. The van der Waals surface area contributed by atoms with E-state index in [9.17, 15) is 4.79 Å². The van der Waals surface area contributed by atoms with Crippen molar-refractivity contribution in [3.05, 3.63) is 11.8 Å². The number of primary amides is 1. The Morgan fingerprint density at radius 3 is 3.00 bits per heavy atom. The molecular formula is C10H15N5O. The molecule has 1 fully saturated rings. The molecule has 0 aromatic carbocycles.